The minimum atomic E-state index is -0.208. The zero-order chi connectivity index (χ0) is 20.1. The number of hydrogen-bond donors (Lipinski definition) is 2. The van der Waals surface area contributed by atoms with E-state index in [4.69, 9.17) is 23.2 Å². The van der Waals surface area contributed by atoms with Crippen LogP contribution in [-0.2, 0) is 11.3 Å². The summed E-state index contributed by atoms with van der Waals surface area (Å²) >= 11 is 12.0. The Labute approximate surface area is 172 Å². The van der Waals surface area contributed by atoms with Crippen molar-refractivity contribution >= 4 is 45.7 Å². The van der Waals surface area contributed by atoms with Gasteiger partial charge in [0, 0.05) is 5.02 Å². The van der Waals surface area contributed by atoms with Crippen LogP contribution in [0.2, 0.25) is 10.0 Å². The third kappa shape index (κ3) is 5.10. The molecule has 1 heterocycles. The van der Waals surface area contributed by atoms with E-state index >= 15 is 0 Å². The lowest BCUT2D eigenvalue weighted by Gasteiger charge is -2.21. The molecule has 6 nitrogen and oxygen atoms in total. The van der Waals surface area contributed by atoms with E-state index in [1.54, 1.807) is 36.4 Å². The standard InChI is InChI=1S/C20H20Cl2N4O2/c1-2-9-26(12-19(27)24-17-8-7-13(21)10-15(17)22)11-18-23-16-6-4-3-5-14(16)20(28)25-18/h3-8,10H,2,9,11-12H2,1H3,(H,24,27)(H,23,25,28). The average Bonchev–Trinajstić information content (AvgIpc) is 2.64. The van der Waals surface area contributed by atoms with Crippen LogP contribution in [0.4, 0.5) is 5.69 Å². The van der Waals surface area contributed by atoms with Crippen LogP contribution in [0, 0.1) is 0 Å². The number of aromatic nitrogens is 2. The molecule has 8 heteroatoms. The van der Waals surface area contributed by atoms with Gasteiger partial charge in [-0.1, -0.05) is 42.3 Å². The second kappa shape index (κ2) is 9.19. The average molecular weight is 419 g/mol. The van der Waals surface area contributed by atoms with Crippen molar-refractivity contribution in [2.45, 2.75) is 19.9 Å². The van der Waals surface area contributed by atoms with Crippen molar-refractivity contribution in [2.75, 3.05) is 18.4 Å². The van der Waals surface area contributed by atoms with Crippen LogP contribution < -0.4 is 10.9 Å². The number of H-pyrrole nitrogens is 1. The number of anilines is 1. The van der Waals surface area contributed by atoms with E-state index in [0.29, 0.717) is 45.5 Å². The third-order valence-electron chi connectivity index (χ3n) is 4.15. The van der Waals surface area contributed by atoms with E-state index in [0.717, 1.165) is 6.42 Å². The summed E-state index contributed by atoms with van der Waals surface area (Å²) in [5, 5.41) is 4.21. The number of benzene rings is 2. The monoisotopic (exact) mass is 418 g/mol. The molecule has 28 heavy (non-hydrogen) atoms. The van der Waals surface area contributed by atoms with Crippen LogP contribution >= 0.6 is 23.2 Å². The maximum Gasteiger partial charge on any atom is 0.258 e. The number of rotatable bonds is 7. The first-order valence-electron chi connectivity index (χ1n) is 8.91. The second-order valence-corrected chi connectivity index (χ2v) is 7.26. The van der Waals surface area contributed by atoms with Crippen LogP contribution in [-0.4, -0.2) is 33.9 Å². The highest BCUT2D eigenvalue weighted by Crippen LogP contribution is 2.25. The summed E-state index contributed by atoms with van der Waals surface area (Å²) in [6.07, 6.45) is 0.854. The van der Waals surface area contributed by atoms with Gasteiger partial charge < -0.3 is 10.3 Å². The number of aromatic amines is 1. The molecular formula is C20H20Cl2N4O2. The van der Waals surface area contributed by atoms with Gasteiger partial charge in [-0.2, -0.15) is 0 Å². The predicted octanol–water partition coefficient (Wildman–Crippen LogP) is 4.08. The lowest BCUT2D eigenvalue weighted by molar-refractivity contribution is -0.117. The van der Waals surface area contributed by atoms with Gasteiger partial charge in [-0.15, -0.1) is 0 Å². The number of hydrogen-bond acceptors (Lipinski definition) is 4. The Kier molecular flexibility index (Phi) is 6.67. The Morgan fingerprint density at radius 2 is 2.00 bits per heavy atom. The quantitative estimate of drug-likeness (QED) is 0.605. The number of nitrogens with zero attached hydrogens (tertiary/aromatic N) is 2. The fourth-order valence-corrected chi connectivity index (χ4v) is 3.39. The summed E-state index contributed by atoms with van der Waals surface area (Å²) in [6, 6.07) is 12.1. The molecule has 0 saturated heterocycles. The molecule has 0 aliphatic heterocycles. The molecule has 3 rings (SSSR count). The van der Waals surface area contributed by atoms with Crippen molar-refractivity contribution in [2.24, 2.45) is 0 Å². The molecule has 1 aromatic heterocycles. The lowest BCUT2D eigenvalue weighted by Crippen LogP contribution is -2.34. The van der Waals surface area contributed by atoms with Crippen molar-refractivity contribution < 1.29 is 4.79 Å². The highest BCUT2D eigenvalue weighted by Gasteiger charge is 2.14. The van der Waals surface area contributed by atoms with Crippen LogP contribution in [0.3, 0.4) is 0 Å². The Hall–Kier alpha value is -2.41. The molecule has 0 unspecified atom stereocenters. The summed E-state index contributed by atoms with van der Waals surface area (Å²) < 4.78 is 0. The maximum absolute atomic E-state index is 12.5. The Balaban J connectivity index is 1.72. The molecule has 0 fully saturated rings. The van der Waals surface area contributed by atoms with Crippen molar-refractivity contribution in [1.29, 1.82) is 0 Å². The predicted molar refractivity (Wildman–Crippen MR) is 113 cm³/mol. The number of para-hydroxylation sites is 1. The molecule has 2 aromatic carbocycles. The Morgan fingerprint density at radius 1 is 1.21 bits per heavy atom. The van der Waals surface area contributed by atoms with E-state index in [2.05, 4.69) is 15.3 Å². The minimum absolute atomic E-state index is 0.142. The highest BCUT2D eigenvalue weighted by molar-refractivity contribution is 6.36. The van der Waals surface area contributed by atoms with Gasteiger partial charge in [0.05, 0.1) is 34.7 Å². The van der Waals surface area contributed by atoms with E-state index in [1.165, 1.54) is 0 Å². The van der Waals surface area contributed by atoms with E-state index in [9.17, 15) is 9.59 Å². The topological polar surface area (TPSA) is 78.1 Å². The normalized spacial score (nSPS) is 11.1. The van der Waals surface area contributed by atoms with Gasteiger partial charge in [0.25, 0.3) is 5.56 Å². The van der Waals surface area contributed by atoms with Gasteiger partial charge in [-0.05, 0) is 43.3 Å². The van der Waals surface area contributed by atoms with Crippen molar-refractivity contribution in [3.63, 3.8) is 0 Å². The number of halogens is 2. The molecule has 0 atom stereocenters. The first-order chi connectivity index (χ1) is 13.5. The van der Waals surface area contributed by atoms with Gasteiger partial charge in [0.15, 0.2) is 0 Å². The zero-order valence-electron chi connectivity index (χ0n) is 15.3. The largest absolute Gasteiger partial charge is 0.324 e. The van der Waals surface area contributed by atoms with Crippen molar-refractivity contribution in [3.8, 4) is 0 Å². The van der Waals surface area contributed by atoms with Crippen molar-refractivity contribution in [3.05, 3.63) is 68.7 Å². The molecule has 0 bridgehead atoms. The van der Waals surface area contributed by atoms with Crippen LogP contribution in [0.15, 0.2) is 47.3 Å². The zero-order valence-corrected chi connectivity index (χ0v) is 16.8. The summed E-state index contributed by atoms with van der Waals surface area (Å²) in [7, 11) is 0. The number of nitrogens with one attached hydrogen (secondary N) is 2. The van der Waals surface area contributed by atoms with E-state index in [-0.39, 0.29) is 18.0 Å². The highest BCUT2D eigenvalue weighted by atomic mass is 35.5. The van der Waals surface area contributed by atoms with Crippen LogP contribution in [0.1, 0.15) is 19.2 Å². The van der Waals surface area contributed by atoms with Crippen molar-refractivity contribution in [1.82, 2.24) is 14.9 Å². The van der Waals surface area contributed by atoms with E-state index in [1.807, 2.05) is 17.9 Å². The smallest absolute Gasteiger partial charge is 0.258 e. The number of carbonyl (C=O) groups is 1. The minimum Gasteiger partial charge on any atom is -0.324 e. The molecule has 0 saturated carbocycles. The fraction of sp³-hybridized carbons (Fsp3) is 0.250. The molecule has 0 aliphatic carbocycles. The van der Waals surface area contributed by atoms with Gasteiger partial charge in [0.2, 0.25) is 5.91 Å². The summed E-state index contributed by atoms with van der Waals surface area (Å²) in [5.41, 5.74) is 0.953. The molecular weight excluding hydrogens is 399 g/mol. The SMILES string of the molecule is CCCN(CC(=O)Nc1ccc(Cl)cc1Cl)Cc1nc2ccccc2c(=O)[nH]1. The van der Waals surface area contributed by atoms with Crippen LogP contribution in [0.5, 0.6) is 0 Å². The second-order valence-electron chi connectivity index (χ2n) is 6.41. The lowest BCUT2D eigenvalue weighted by atomic mass is 10.2. The number of amides is 1. The first-order valence-corrected chi connectivity index (χ1v) is 9.67. The Bertz CT molecular complexity index is 1050. The molecule has 3 aromatic rings. The summed E-state index contributed by atoms with van der Waals surface area (Å²) in [5.74, 6) is 0.315. The molecule has 2 N–H and O–H groups in total. The van der Waals surface area contributed by atoms with E-state index < -0.39 is 0 Å². The molecule has 1 amide bonds. The van der Waals surface area contributed by atoms with Gasteiger partial charge >= 0.3 is 0 Å². The number of fused-ring (bicyclic) bond motifs is 1. The molecule has 0 radical (unpaired) electrons. The Morgan fingerprint density at radius 3 is 2.75 bits per heavy atom. The maximum atomic E-state index is 12.5. The molecule has 0 spiro atoms. The fourth-order valence-electron chi connectivity index (χ4n) is 2.94. The number of carbonyl (C=O) groups excluding carboxylic acids is 1. The molecule has 0 aliphatic rings. The third-order valence-corrected chi connectivity index (χ3v) is 4.70. The van der Waals surface area contributed by atoms with Gasteiger partial charge in [0.1, 0.15) is 5.82 Å². The summed E-state index contributed by atoms with van der Waals surface area (Å²) in [6.45, 7) is 3.20. The summed E-state index contributed by atoms with van der Waals surface area (Å²) in [4.78, 5) is 33.9. The van der Waals surface area contributed by atoms with Crippen LogP contribution in [0.25, 0.3) is 10.9 Å². The molecule has 146 valence electrons. The van der Waals surface area contributed by atoms with Gasteiger partial charge in [-0.3, -0.25) is 14.5 Å². The first kappa shape index (κ1) is 20.3. The van der Waals surface area contributed by atoms with Gasteiger partial charge in [-0.25, -0.2) is 4.98 Å².